The van der Waals surface area contributed by atoms with Gasteiger partial charge in [0.15, 0.2) is 0 Å². The van der Waals surface area contributed by atoms with Crippen molar-refractivity contribution < 1.29 is 14.3 Å². The van der Waals surface area contributed by atoms with Crippen LogP contribution in [0, 0.1) is 0 Å². The van der Waals surface area contributed by atoms with E-state index < -0.39 is 0 Å². The van der Waals surface area contributed by atoms with Crippen molar-refractivity contribution in [3.8, 4) is 0 Å². The van der Waals surface area contributed by atoms with Crippen LogP contribution in [0.4, 0.5) is 5.69 Å². The standard InChI is InChI=1S/C14H20ClNO3/c1-14(2,19-4)7-8-16-12-9-10(15)5-6-11(12)13(17)18-3/h5-6,9,16H,7-8H2,1-4H3. The number of anilines is 1. The van der Waals surface area contributed by atoms with Crippen LogP contribution in [0.2, 0.25) is 5.02 Å². The Kier molecular flexibility index (Phi) is 5.63. The van der Waals surface area contributed by atoms with Crippen molar-refractivity contribution in [3.63, 3.8) is 0 Å². The molecule has 0 aliphatic rings. The van der Waals surface area contributed by atoms with Crippen molar-refractivity contribution in [2.45, 2.75) is 25.9 Å². The number of nitrogens with one attached hydrogen (secondary N) is 1. The van der Waals surface area contributed by atoms with Crippen LogP contribution in [0.25, 0.3) is 0 Å². The number of halogens is 1. The molecule has 1 aromatic carbocycles. The second-order valence-electron chi connectivity index (χ2n) is 4.82. The molecule has 0 saturated carbocycles. The summed E-state index contributed by atoms with van der Waals surface area (Å²) in [6, 6.07) is 5.03. The van der Waals surface area contributed by atoms with Gasteiger partial charge in [-0.15, -0.1) is 0 Å². The molecule has 0 unspecified atom stereocenters. The van der Waals surface area contributed by atoms with Crippen LogP contribution < -0.4 is 5.32 Å². The highest BCUT2D eigenvalue weighted by Gasteiger charge is 2.17. The van der Waals surface area contributed by atoms with Crippen molar-refractivity contribution in [2.24, 2.45) is 0 Å². The number of methoxy groups -OCH3 is 2. The highest BCUT2D eigenvalue weighted by atomic mass is 35.5. The van der Waals surface area contributed by atoms with Crippen molar-refractivity contribution in [1.29, 1.82) is 0 Å². The van der Waals surface area contributed by atoms with Crippen LogP contribution in [-0.4, -0.2) is 32.3 Å². The second-order valence-corrected chi connectivity index (χ2v) is 5.26. The Hall–Kier alpha value is -1.26. The van der Waals surface area contributed by atoms with Gasteiger partial charge in [-0.05, 0) is 38.5 Å². The van der Waals surface area contributed by atoms with E-state index >= 15 is 0 Å². The van der Waals surface area contributed by atoms with E-state index in [1.807, 2.05) is 13.8 Å². The van der Waals surface area contributed by atoms with Crippen LogP contribution in [-0.2, 0) is 9.47 Å². The molecule has 0 spiro atoms. The number of hydrogen-bond acceptors (Lipinski definition) is 4. The molecule has 4 nitrogen and oxygen atoms in total. The normalized spacial score (nSPS) is 11.2. The van der Waals surface area contributed by atoms with E-state index in [4.69, 9.17) is 21.1 Å². The molecule has 0 amide bonds. The molecule has 5 heteroatoms. The molecule has 1 rings (SSSR count). The SMILES string of the molecule is COC(=O)c1ccc(Cl)cc1NCCC(C)(C)OC. The molecule has 1 N–H and O–H groups in total. The van der Waals surface area contributed by atoms with Crippen LogP contribution in [0.1, 0.15) is 30.6 Å². The molecule has 0 aliphatic carbocycles. The fourth-order valence-corrected chi connectivity index (χ4v) is 1.72. The van der Waals surface area contributed by atoms with E-state index in [9.17, 15) is 4.79 Å². The molecule has 106 valence electrons. The summed E-state index contributed by atoms with van der Waals surface area (Å²) in [5, 5.41) is 3.76. The van der Waals surface area contributed by atoms with Crippen LogP contribution in [0.15, 0.2) is 18.2 Å². The molecule has 0 aliphatic heterocycles. The van der Waals surface area contributed by atoms with Crippen LogP contribution in [0.5, 0.6) is 0 Å². The lowest BCUT2D eigenvalue weighted by Gasteiger charge is -2.23. The molecule has 19 heavy (non-hydrogen) atoms. The number of benzene rings is 1. The van der Waals surface area contributed by atoms with Gasteiger partial charge in [0.2, 0.25) is 0 Å². The van der Waals surface area contributed by atoms with E-state index in [-0.39, 0.29) is 11.6 Å². The Labute approximate surface area is 119 Å². The van der Waals surface area contributed by atoms with Crippen LogP contribution in [0.3, 0.4) is 0 Å². The molecule has 0 saturated heterocycles. The van der Waals surface area contributed by atoms with Gasteiger partial charge in [0.25, 0.3) is 0 Å². The molecular weight excluding hydrogens is 266 g/mol. The maximum atomic E-state index is 11.6. The third kappa shape index (κ3) is 4.73. The van der Waals surface area contributed by atoms with Gasteiger partial charge in [0.05, 0.1) is 24.0 Å². The van der Waals surface area contributed by atoms with Gasteiger partial charge in [-0.1, -0.05) is 11.6 Å². The quantitative estimate of drug-likeness (QED) is 0.814. The minimum Gasteiger partial charge on any atom is -0.465 e. The lowest BCUT2D eigenvalue weighted by molar-refractivity contribution is 0.0185. The monoisotopic (exact) mass is 285 g/mol. The molecule has 0 radical (unpaired) electrons. The third-order valence-electron chi connectivity index (χ3n) is 2.98. The zero-order valence-electron chi connectivity index (χ0n) is 11.7. The van der Waals surface area contributed by atoms with E-state index in [0.29, 0.717) is 22.8 Å². The van der Waals surface area contributed by atoms with Crippen molar-refractivity contribution in [2.75, 3.05) is 26.1 Å². The second kappa shape index (κ2) is 6.78. The predicted octanol–water partition coefficient (Wildman–Crippen LogP) is 3.35. The fourth-order valence-electron chi connectivity index (χ4n) is 1.55. The summed E-state index contributed by atoms with van der Waals surface area (Å²) in [4.78, 5) is 11.6. The van der Waals surface area contributed by atoms with Gasteiger partial charge in [0, 0.05) is 18.7 Å². The van der Waals surface area contributed by atoms with E-state index in [2.05, 4.69) is 5.32 Å². The average Bonchev–Trinajstić information content (AvgIpc) is 2.38. The number of rotatable bonds is 6. The zero-order valence-corrected chi connectivity index (χ0v) is 12.5. The Morgan fingerprint density at radius 1 is 1.37 bits per heavy atom. The largest absolute Gasteiger partial charge is 0.465 e. The molecule has 1 aromatic rings. The topological polar surface area (TPSA) is 47.6 Å². The van der Waals surface area contributed by atoms with Gasteiger partial charge >= 0.3 is 5.97 Å². The summed E-state index contributed by atoms with van der Waals surface area (Å²) in [5.41, 5.74) is 0.935. The number of ether oxygens (including phenoxy) is 2. The Bertz CT molecular complexity index is 446. The smallest absolute Gasteiger partial charge is 0.339 e. The van der Waals surface area contributed by atoms with Gasteiger partial charge in [0.1, 0.15) is 0 Å². The Balaban J connectivity index is 2.76. The van der Waals surface area contributed by atoms with E-state index in [1.54, 1.807) is 25.3 Å². The van der Waals surface area contributed by atoms with E-state index in [0.717, 1.165) is 6.42 Å². The van der Waals surface area contributed by atoms with Crippen molar-refractivity contribution >= 4 is 23.3 Å². The summed E-state index contributed by atoms with van der Waals surface area (Å²) in [6.45, 7) is 4.69. The zero-order chi connectivity index (χ0) is 14.5. The molecular formula is C14H20ClNO3. The fraction of sp³-hybridized carbons (Fsp3) is 0.500. The average molecular weight is 286 g/mol. The summed E-state index contributed by atoms with van der Waals surface area (Å²) in [5.74, 6) is -0.384. The van der Waals surface area contributed by atoms with Gasteiger partial charge in [-0.3, -0.25) is 0 Å². The van der Waals surface area contributed by atoms with Gasteiger partial charge in [-0.2, -0.15) is 0 Å². The Morgan fingerprint density at radius 2 is 2.05 bits per heavy atom. The summed E-state index contributed by atoms with van der Waals surface area (Å²) in [6.07, 6.45) is 0.802. The summed E-state index contributed by atoms with van der Waals surface area (Å²) in [7, 11) is 3.04. The van der Waals surface area contributed by atoms with Crippen molar-refractivity contribution in [1.82, 2.24) is 0 Å². The first-order valence-corrected chi connectivity index (χ1v) is 6.44. The number of hydrogen-bond donors (Lipinski definition) is 1. The van der Waals surface area contributed by atoms with Gasteiger partial charge < -0.3 is 14.8 Å². The summed E-state index contributed by atoms with van der Waals surface area (Å²) < 4.78 is 10.1. The molecule has 0 fully saturated rings. The molecule has 0 aromatic heterocycles. The maximum absolute atomic E-state index is 11.6. The molecule has 0 bridgehead atoms. The Morgan fingerprint density at radius 3 is 2.63 bits per heavy atom. The molecule has 0 heterocycles. The first-order valence-electron chi connectivity index (χ1n) is 6.06. The highest BCUT2D eigenvalue weighted by Crippen LogP contribution is 2.22. The number of esters is 1. The lowest BCUT2D eigenvalue weighted by Crippen LogP contribution is -2.26. The minimum atomic E-state index is -0.384. The van der Waals surface area contributed by atoms with Crippen molar-refractivity contribution in [3.05, 3.63) is 28.8 Å². The summed E-state index contributed by atoms with van der Waals surface area (Å²) >= 11 is 5.94. The molecule has 0 atom stereocenters. The highest BCUT2D eigenvalue weighted by molar-refractivity contribution is 6.31. The van der Waals surface area contributed by atoms with Gasteiger partial charge in [-0.25, -0.2) is 4.79 Å². The van der Waals surface area contributed by atoms with E-state index in [1.165, 1.54) is 7.11 Å². The first-order chi connectivity index (χ1) is 8.89. The third-order valence-corrected chi connectivity index (χ3v) is 3.22. The lowest BCUT2D eigenvalue weighted by atomic mass is 10.1. The van der Waals surface area contributed by atoms with Crippen LogP contribution >= 0.6 is 11.6 Å². The predicted molar refractivity (Wildman–Crippen MR) is 77.0 cm³/mol. The minimum absolute atomic E-state index is 0.211. The first kappa shape index (κ1) is 15.8. The number of carbonyl (C=O) groups excluding carboxylic acids is 1. The maximum Gasteiger partial charge on any atom is 0.339 e. The number of carbonyl (C=O) groups is 1.